The van der Waals surface area contributed by atoms with Gasteiger partial charge in [-0.2, -0.15) is 0 Å². The number of rotatable bonds is 6. The van der Waals surface area contributed by atoms with Crippen molar-refractivity contribution in [2.75, 3.05) is 0 Å². The fraction of sp³-hybridized carbons (Fsp3) is 0.278. The normalized spacial score (nSPS) is 12.4. The van der Waals surface area contributed by atoms with Crippen LogP contribution >= 0.6 is 0 Å². The van der Waals surface area contributed by atoms with Crippen LogP contribution in [0.2, 0.25) is 0 Å². The molecule has 2 rings (SSSR count). The van der Waals surface area contributed by atoms with Crippen molar-refractivity contribution >= 4 is 16.1 Å². The first-order valence-electron chi connectivity index (χ1n) is 7.84. The Bertz CT molecular complexity index is 772. The largest absolute Gasteiger partial charge is 0.334 e. The summed E-state index contributed by atoms with van der Waals surface area (Å²) in [7, 11) is -3.87. The molecular weight excluding hydrogens is 324 g/mol. The molecule has 0 radical (unpaired) electrons. The second-order valence-corrected chi connectivity index (χ2v) is 7.37. The first-order valence-corrected chi connectivity index (χ1v) is 9.33. The van der Waals surface area contributed by atoms with Crippen LogP contribution in [0, 0.1) is 6.92 Å². The van der Waals surface area contributed by atoms with Gasteiger partial charge < -0.3 is 5.32 Å². The fourth-order valence-corrected chi connectivity index (χ4v) is 3.22. The molecule has 0 spiro atoms. The summed E-state index contributed by atoms with van der Waals surface area (Å²) in [6.45, 7) is 3.81. The third kappa shape index (κ3) is 5.09. The van der Waals surface area contributed by atoms with Crippen molar-refractivity contribution in [3.8, 4) is 0 Å². The zero-order chi connectivity index (χ0) is 17.6. The fourth-order valence-electron chi connectivity index (χ4n) is 2.31. The van der Waals surface area contributed by atoms with Gasteiger partial charge in [0.15, 0.2) is 0 Å². The Morgan fingerprint density at radius 3 is 2.25 bits per heavy atom. The van der Waals surface area contributed by atoms with Crippen LogP contribution in [0.5, 0.6) is 0 Å². The smallest absolute Gasteiger partial charge is 0.328 e. The molecule has 1 atom stereocenters. The molecule has 128 valence electrons. The molecule has 0 heterocycles. The maximum Gasteiger partial charge on any atom is 0.328 e. The molecule has 24 heavy (non-hydrogen) atoms. The van der Waals surface area contributed by atoms with E-state index in [-0.39, 0.29) is 10.9 Å². The highest BCUT2D eigenvalue weighted by Crippen LogP contribution is 2.10. The number of benzene rings is 2. The van der Waals surface area contributed by atoms with Crippen molar-refractivity contribution in [3.05, 3.63) is 65.7 Å². The second-order valence-electron chi connectivity index (χ2n) is 5.69. The van der Waals surface area contributed by atoms with E-state index < -0.39 is 16.1 Å². The molecule has 0 fully saturated rings. The van der Waals surface area contributed by atoms with Gasteiger partial charge in [0.05, 0.1) is 4.90 Å². The lowest BCUT2D eigenvalue weighted by molar-refractivity contribution is 0.241. The van der Waals surface area contributed by atoms with Crippen LogP contribution in [0.15, 0.2) is 59.5 Å². The lowest BCUT2D eigenvalue weighted by Gasteiger charge is -2.17. The number of carbonyl (C=O) groups excluding carboxylic acids is 1. The van der Waals surface area contributed by atoms with Gasteiger partial charge in [-0.3, -0.25) is 0 Å². The summed E-state index contributed by atoms with van der Waals surface area (Å²) < 4.78 is 26.5. The van der Waals surface area contributed by atoms with Crippen LogP contribution in [-0.2, 0) is 16.4 Å². The van der Waals surface area contributed by atoms with Crippen LogP contribution < -0.4 is 10.0 Å². The molecule has 0 aliphatic heterocycles. The predicted molar refractivity (Wildman–Crippen MR) is 94.3 cm³/mol. The number of hydrogen-bond acceptors (Lipinski definition) is 3. The molecule has 0 bridgehead atoms. The van der Waals surface area contributed by atoms with E-state index in [1.807, 2.05) is 44.2 Å². The van der Waals surface area contributed by atoms with E-state index in [2.05, 4.69) is 10.0 Å². The van der Waals surface area contributed by atoms with Gasteiger partial charge in [-0.05, 0) is 37.5 Å². The molecule has 2 aromatic rings. The van der Waals surface area contributed by atoms with E-state index >= 15 is 0 Å². The summed E-state index contributed by atoms with van der Waals surface area (Å²) in [6, 6.07) is 15.2. The van der Waals surface area contributed by atoms with E-state index in [1.54, 1.807) is 12.1 Å². The maximum atomic E-state index is 12.2. The third-order valence-electron chi connectivity index (χ3n) is 3.71. The first kappa shape index (κ1) is 18.0. The van der Waals surface area contributed by atoms with Gasteiger partial charge in [0.25, 0.3) is 10.0 Å². The average molecular weight is 346 g/mol. The zero-order valence-electron chi connectivity index (χ0n) is 13.8. The summed E-state index contributed by atoms with van der Waals surface area (Å²) in [4.78, 5) is 12.1. The SMILES string of the molecule is CCC(Cc1ccccc1)NC(=O)NS(=O)(=O)c1ccc(C)cc1. The third-order valence-corrected chi connectivity index (χ3v) is 5.06. The highest BCUT2D eigenvalue weighted by molar-refractivity contribution is 7.90. The van der Waals surface area contributed by atoms with Gasteiger partial charge in [-0.25, -0.2) is 17.9 Å². The molecule has 0 saturated heterocycles. The van der Waals surface area contributed by atoms with Crippen LogP contribution in [0.1, 0.15) is 24.5 Å². The van der Waals surface area contributed by atoms with Gasteiger partial charge in [0, 0.05) is 6.04 Å². The number of sulfonamides is 1. The molecule has 1 unspecified atom stereocenters. The number of nitrogens with one attached hydrogen (secondary N) is 2. The Hall–Kier alpha value is -2.34. The topological polar surface area (TPSA) is 75.3 Å². The van der Waals surface area contributed by atoms with Crippen molar-refractivity contribution in [3.63, 3.8) is 0 Å². The minimum atomic E-state index is -3.87. The standard InChI is InChI=1S/C18H22N2O3S/c1-3-16(13-15-7-5-4-6-8-15)19-18(21)20-24(22,23)17-11-9-14(2)10-12-17/h4-12,16H,3,13H2,1-2H3,(H2,19,20,21). The Labute approximate surface area is 143 Å². The van der Waals surface area contributed by atoms with Crippen molar-refractivity contribution < 1.29 is 13.2 Å². The van der Waals surface area contributed by atoms with Crippen molar-refractivity contribution in [2.24, 2.45) is 0 Å². The number of amides is 2. The van der Waals surface area contributed by atoms with Gasteiger partial charge in [0.1, 0.15) is 0 Å². The minimum absolute atomic E-state index is 0.0688. The van der Waals surface area contributed by atoms with E-state index in [0.717, 1.165) is 11.1 Å². The summed E-state index contributed by atoms with van der Waals surface area (Å²) >= 11 is 0. The molecule has 0 saturated carbocycles. The quantitative estimate of drug-likeness (QED) is 0.844. The van der Waals surface area contributed by atoms with Gasteiger partial charge >= 0.3 is 6.03 Å². The van der Waals surface area contributed by atoms with Crippen LogP contribution in [0.25, 0.3) is 0 Å². The molecule has 6 heteroatoms. The molecule has 0 aromatic heterocycles. The minimum Gasteiger partial charge on any atom is -0.334 e. The lowest BCUT2D eigenvalue weighted by Crippen LogP contribution is -2.45. The van der Waals surface area contributed by atoms with E-state index in [1.165, 1.54) is 12.1 Å². The molecule has 2 N–H and O–H groups in total. The van der Waals surface area contributed by atoms with E-state index in [4.69, 9.17) is 0 Å². The van der Waals surface area contributed by atoms with Crippen molar-refractivity contribution in [2.45, 2.75) is 37.6 Å². The predicted octanol–water partition coefficient (Wildman–Crippen LogP) is 3.00. The lowest BCUT2D eigenvalue weighted by atomic mass is 10.0. The van der Waals surface area contributed by atoms with Crippen LogP contribution in [-0.4, -0.2) is 20.5 Å². The van der Waals surface area contributed by atoms with Gasteiger partial charge in [0.2, 0.25) is 0 Å². The number of urea groups is 1. The summed E-state index contributed by atoms with van der Waals surface area (Å²) in [6.07, 6.45) is 1.35. The maximum absolute atomic E-state index is 12.2. The van der Waals surface area contributed by atoms with E-state index in [0.29, 0.717) is 12.8 Å². The molecule has 5 nitrogen and oxygen atoms in total. The van der Waals surface area contributed by atoms with Crippen LogP contribution in [0.4, 0.5) is 4.79 Å². The first-order chi connectivity index (χ1) is 11.4. The van der Waals surface area contributed by atoms with E-state index in [9.17, 15) is 13.2 Å². The van der Waals surface area contributed by atoms with Crippen LogP contribution in [0.3, 0.4) is 0 Å². The monoisotopic (exact) mass is 346 g/mol. The number of hydrogen-bond donors (Lipinski definition) is 2. The summed E-state index contributed by atoms with van der Waals surface area (Å²) in [5.41, 5.74) is 2.04. The highest BCUT2D eigenvalue weighted by atomic mass is 32.2. The Kier molecular flexibility index (Phi) is 5.98. The highest BCUT2D eigenvalue weighted by Gasteiger charge is 2.19. The Morgan fingerprint density at radius 2 is 1.67 bits per heavy atom. The Balaban J connectivity index is 1.99. The summed E-state index contributed by atoms with van der Waals surface area (Å²) in [5, 5.41) is 2.72. The van der Waals surface area contributed by atoms with Gasteiger partial charge in [-0.15, -0.1) is 0 Å². The summed E-state index contributed by atoms with van der Waals surface area (Å²) in [5.74, 6) is 0. The molecule has 0 aliphatic carbocycles. The molecule has 2 amide bonds. The van der Waals surface area contributed by atoms with Crippen molar-refractivity contribution in [1.29, 1.82) is 0 Å². The molecule has 0 aliphatic rings. The average Bonchev–Trinajstić information content (AvgIpc) is 2.55. The van der Waals surface area contributed by atoms with Crippen molar-refractivity contribution in [1.82, 2.24) is 10.0 Å². The number of carbonyl (C=O) groups is 1. The molecule has 2 aromatic carbocycles. The second kappa shape index (κ2) is 7.97. The number of aryl methyl sites for hydroxylation is 1. The zero-order valence-corrected chi connectivity index (χ0v) is 14.6. The van der Waals surface area contributed by atoms with Gasteiger partial charge in [-0.1, -0.05) is 55.0 Å². The molecular formula is C18H22N2O3S. The Morgan fingerprint density at radius 1 is 1.04 bits per heavy atom.